The third kappa shape index (κ3) is 7.99. The van der Waals surface area contributed by atoms with Crippen LogP contribution in [0.2, 0.25) is 0 Å². The summed E-state index contributed by atoms with van der Waals surface area (Å²) >= 11 is 4.61. The van der Waals surface area contributed by atoms with Crippen LogP contribution in [0.15, 0.2) is 18.7 Å². The van der Waals surface area contributed by atoms with E-state index in [1.807, 2.05) is 12.5 Å². The monoisotopic (exact) mass is 382 g/mol. The number of rotatable bonds is 13. The molecular formula is C21H38N2S2. The van der Waals surface area contributed by atoms with Gasteiger partial charge in [-0.3, -0.25) is 0 Å². The molecule has 2 unspecified atom stereocenters. The van der Waals surface area contributed by atoms with E-state index in [0.717, 1.165) is 11.8 Å². The fourth-order valence-electron chi connectivity index (χ4n) is 3.69. The fourth-order valence-corrected chi connectivity index (χ4v) is 7.67. The van der Waals surface area contributed by atoms with Gasteiger partial charge >= 0.3 is 0 Å². The maximum absolute atomic E-state index is 4.22. The first-order valence-corrected chi connectivity index (χ1v) is 12.4. The lowest BCUT2D eigenvalue weighted by atomic mass is 10.1. The van der Waals surface area contributed by atoms with Gasteiger partial charge in [0.1, 0.15) is 0 Å². The average Bonchev–Trinajstić information content (AvgIpc) is 3.15. The van der Waals surface area contributed by atoms with Crippen molar-refractivity contribution < 1.29 is 0 Å². The largest absolute Gasteiger partial charge is 0.337 e. The molecule has 0 radical (unpaired) electrons. The molecular weight excluding hydrogens is 344 g/mol. The van der Waals surface area contributed by atoms with Crippen LogP contribution in [0.1, 0.15) is 90.9 Å². The van der Waals surface area contributed by atoms with Crippen molar-refractivity contribution in [1.29, 1.82) is 0 Å². The van der Waals surface area contributed by atoms with E-state index in [1.165, 1.54) is 82.8 Å². The molecule has 1 fully saturated rings. The summed E-state index contributed by atoms with van der Waals surface area (Å²) < 4.78 is 2.71. The Morgan fingerprint density at radius 3 is 2.60 bits per heavy atom. The molecule has 2 nitrogen and oxygen atoms in total. The van der Waals surface area contributed by atoms with E-state index >= 15 is 0 Å². The number of thioether (sulfide) groups is 2. The molecule has 4 heteroatoms. The zero-order valence-corrected chi connectivity index (χ0v) is 18.1. The number of unbranched alkanes of at least 4 members (excludes halogenated alkanes) is 6. The standard InChI is InChI=1S/C21H38N2S2/c1-3-5-7-8-9-10-13-21(14-16-23-17-15-22-19-23)24-18-12-20(25-21)11-6-4-2/h15,17,19-20H,3-14,16,18H2,1-2H3. The summed E-state index contributed by atoms with van der Waals surface area (Å²) in [4.78, 5) is 4.22. The maximum atomic E-state index is 4.22. The van der Waals surface area contributed by atoms with E-state index in [2.05, 4.69) is 53.1 Å². The Kier molecular flexibility index (Phi) is 10.5. The second-order valence-electron chi connectivity index (χ2n) is 7.50. The number of hydrogen-bond donors (Lipinski definition) is 0. The van der Waals surface area contributed by atoms with Gasteiger partial charge in [-0.05, 0) is 31.4 Å². The molecule has 0 N–H and O–H groups in total. The third-order valence-electron chi connectivity index (χ3n) is 5.29. The predicted molar refractivity (Wildman–Crippen MR) is 116 cm³/mol. The Hall–Kier alpha value is -0.0900. The molecule has 0 spiro atoms. The molecule has 1 aromatic heterocycles. The highest BCUT2D eigenvalue weighted by molar-refractivity contribution is 8.19. The molecule has 1 aromatic rings. The van der Waals surface area contributed by atoms with Gasteiger partial charge in [0.15, 0.2) is 0 Å². The molecule has 0 bridgehead atoms. The molecule has 25 heavy (non-hydrogen) atoms. The number of aryl methyl sites for hydroxylation is 1. The Bertz CT molecular complexity index is 435. The van der Waals surface area contributed by atoms with Crippen molar-refractivity contribution in [2.75, 3.05) is 5.75 Å². The molecule has 1 aliphatic heterocycles. The van der Waals surface area contributed by atoms with Crippen LogP contribution in [-0.4, -0.2) is 24.6 Å². The summed E-state index contributed by atoms with van der Waals surface area (Å²) in [6, 6.07) is 0. The predicted octanol–water partition coefficient (Wildman–Crippen LogP) is 7.15. The van der Waals surface area contributed by atoms with Crippen molar-refractivity contribution in [1.82, 2.24) is 9.55 Å². The highest BCUT2D eigenvalue weighted by atomic mass is 32.2. The first-order chi connectivity index (χ1) is 12.3. The van der Waals surface area contributed by atoms with Crippen molar-refractivity contribution in [3.63, 3.8) is 0 Å². The molecule has 144 valence electrons. The first-order valence-electron chi connectivity index (χ1n) is 10.6. The quantitative estimate of drug-likeness (QED) is 0.337. The Balaban J connectivity index is 1.85. The Morgan fingerprint density at radius 2 is 1.84 bits per heavy atom. The maximum Gasteiger partial charge on any atom is 0.0945 e. The molecule has 0 aromatic carbocycles. The highest BCUT2D eigenvalue weighted by Gasteiger charge is 2.36. The summed E-state index contributed by atoms with van der Waals surface area (Å²) in [7, 11) is 0. The Morgan fingerprint density at radius 1 is 1.04 bits per heavy atom. The van der Waals surface area contributed by atoms with Gasteiger partial charge in [0.2, 0.25) is 0 Å². The zero-order chi connectivity index (χ0) is 17.8. The molecule has 0 amide bonds. The van der Waals surface area contributed by atoms with E-state index < -0.39 is 0 Å². The summed E-state index contributed by atoms with van der Waals surface area (Å²) in [5.41, 5.74) is 0. The molecule has 0 saturated carbocycles. The van der Waals surface area contributed by atoms with Gasteiger partial charge in [-0.2, -0.15) is 0 Å². The van der Waals surface area contributed by atoms with Crippen LogP contribution in [0.3, 0.4) is 0 Å². The van der Waals surface area contributed by atoms with Gasteiger partial charge in [-0.25, -0.2) is 4.98 Å². The van der Waals surface area contributed by atoms with E-state index in [4.69, 9.17) is 0 Å². The molecule has 2 heterocycles. The highest BCUT2D eigenvalue weighted by Crippen LogP contribution is 2.52. The van der Waals surface area contributed by atoms with Crippen LogP contribution in [0.4, 0.5) is 0 Å². The van der Waals surface area contributed by atoms with Gasteiger partial charge in [-0.1, -0.05) is 65.2 Å². The van der Waals surface area contributed by atoms with Crippen LogP contribution in [0, 0.1) is 0 Å². The van der Waals surface area contributed by atoms with Crippen LogP contribution < -0.4 is 0 Å². The second-order valence-corrected chi connectivity index (χ2v) is 10.9. The minimum Gasteiger partial charge on any atom is -0.337 e. The molecule has 2 rings (SSSR count). The minimum atomic E-state index is 0.450. The minimum absolute atomic E-state index is 0.450. The van der Waals surface area contributed by atoms with Crippen LogP contribution in [0.25, 0.3) is 0 Å². The van der Waals surface area contributed by atoms with Crippen molar-refractivity contribution >= 4 is 23.5 Å². The smallest absolute Gasteiger partial charge is 0.0945 e. The SMILES string of the molecule is CCCCCCCCC1(CCn2ccnc2)SCCC(CCCC)S1. The van der Waals surface area contributed by atoms with E-state index in [9.17, 15) is 0 Å². The Labute approximate surface area is 164 Å². The van der Waals surface area contributed by atoms with Crippen LogP contribution in [-0.2, 0) is 6.54 Å². The van der Waals surface area contributed by atoms with Crippen molar-refractivity contribution in [3.05, 3.63) is 18.7 Å². The molecule has 1 aliphatic rings. The second kappa shape index (κ2) is 12.3. The van der Waals surface area contributed by atoms with E-state index in [0.29, 0.717) is 4.08 Å². The van der Waals surface area contributed by atoms with Gasteiger partial charge in [0, 0.05) is 24.2 Å². The van der Waals surface area contributed by atoms with Crippen molar-refractivity contribution in [3.8, 4) is 0 Å². The molecule has 2 atom stereocenters. The van der Waals surface area contributed by atoms with Gasteiger partial charge in [0.25, 0.3) is 0 Å². The van der Waals surface area contributed by atoms with E-state index in [1.54, 1.807) is 0 Å². The van der Waals surface area contributed by atoms with Crippen LogP contribution >= 0.6 is 23.5 Å². The van der Waals surface area contributed by atoms with Gasteiger partial charge in [-0.15, -0.1) is 23.5 Å². The van der Waals surface area contributed by atoms with E-state index in [-0.39, 0.29) is 0 Å². The summed E-state index contributed by atoms with van der Waals surface area (Å²) in [6.45, 7) is 5.75. The fraction of sp³-hybridized carbons (Fsp3) is 0.857. The number of nitrogens with zero attached hydrogens (tertiary/aromatic N) is 2. The third-order valence-corrected chi connectivity index (χ3v) is 8.95. The lowest BCUT2D eigenvalue weighted by Crippen LogP contribution is -2.31. The van der Waals surface area contributed by atoms with Gasteiger partial charge < -0.3 is 4.57 Å². The number of imidazole rings is 1. The van der Waals surface area contributed by atoms with Crippen molar-refractivity contribution in [2.24, 2.45) is 0 Å². The van der Waals surface area contributed by atoms with Crippen LogP contribution in [0.5, 0.6) is 0 Å². The van der Waals surface area contributed by atoms with Gasteiger partial charge in [0.05, 0.1) is 10.4 Å². The molecule has 1 saturated heterocycles. The summed E-state index contributed by atoms with van der Waals surface area (Å²) in [5.74, 6) is 1.36. The van der Waals surface area contributed by atoms with Crippen molar-refractivity contribution in [2.45, 2.75) is 107 Å². The normalized spacial score (nSPS) is 23.8. The summed E-state index contributed by atoms with van der Waals surface area (Å²) in [6.07, 6.45) is 22.7. The first kappa shape index (κ1) is 21.2. The zero-order valence-electron chi connectivity index (χ0n) is 16.4. The average molecular weight is 383 g/mol. The number of hydrogen-bond acceptors (Lipinski definition) is 3. The lowest BCUT2D eigenvalue weighted by molar-refractivity contribution is 0.520. The lowest BCUT2D eigenvalue weighted by Gasteiger charge is -2.40. The topological polar surface area (TPSA) is 17.8 Å². The summed E-state index contributed by atoms with van der Waals surface area (Å²) in [5, 5.41) is 0.893. The molecule has 0 aliphatic carbocycles. The number of aromatic nitrogens is 2.